The zero-order chi connectivity index (χ0) is 12.4. The van der Waals surface area contributed by atoms with Gasteiger partial charge in [0, 0.05) is 13.0 Å². The van der Waals surface area contributed by atoms with Gasteiger partial charge in [-0.1, -0.05) is 37.3 Å². The average Bonchev–Trinajstić information content (AvgIpc) is 2.68. The van der Waals surface area contributed by atoms with E-state index in [0.29, 0.717) is 0 Å². The lowest BCUT2D eigenvalue weighted by molar-refractivity contribution is 0.543. The summed E-state index contributed by atoms with van der Waals surface area (Å²) in [7, 11) is 1.91. The fourth-order valence-corrected chi connectivity index (χ4v) is 2.61. The van der Waals surface area contributed by atoms with Crippen LogP contribution in [0.4, 0.5) is 0 Å². The summed E-state index contributed by atoms with van der Waals surface area (Å²) in [6.07, 6.45) is 1.78. The van der Waals surface area contributed by atoms with Crippen molar-refractivity contribution in [1.82, 2.24) is 9.78 Å². The molecule has 17 heavy (non-hydrogen) atoms. The van der Waals surface area contributed by atoms with Crippen LogP contribution in [0.25, 0.3) is 0 Å². The van der Waals surface area contributed by atoms with Crippen molar-refractivity contribution < 1.29 is 0 Å². The largest absolute Gasteiger partial charge is 0.322 e. The molecule has 1 aromatic carbocycles. The number of benzene rings is 1. The molecule has 1 heterocycles. The predicted octanol–water partition coefficient (Wildman–Crippen LogP) is 2.99. The fraction of sp³-hybridized carbons (Fsp3) is 0.308. The minimum Gasteiger partial charge on any atom is -0.322 e. The zero-order valence-corrected chi connectivity index (χ0v) is 11.6. The molecule has 0 amide bonds. The predicted molar refractivity (Wildman–Crippen MR) is 72.7 cm³/mol. The number of rotatable bonds is 3. The van der Waals surface area contributed by atoms with Crippen LogP contribution in [-0.4, -0.2) is 9.78 Å². The van der Waals surface area contributed by atoms with Crippen molar-refractivity contribution in [3.63, 3.8) is 0 Å². The van der Waals surface area contributed by atoms with E-state index in [4.69, 9.17) is 5.73 Å². The minimum atomic E-state index is -0.0701. The smallest absolute Gasteiger partial charge is 0.0696 e. The van der Waals surface area contributed by atoms with E-state index in [1.54, 1.807) is 6.20 Å². The molecule has 2 aromatic rings. The van der Waals surface area contributed by atoms with Gasteiger partial charge in [0.05, 0.1) is 22.4 Å². The molecule has 1 aromatic heterocycles. The second kappa shape index (κ2) is 5.02. The third-order valence-corrected chi connectivity index (χ3v) is 3.73. The Labute approximate surface area is 110 Å². The Morgan fingerprint density at radius 3 is 2.47 bits per heavy atom. The van der Waals surface area contributed by atoms with E-state index in [2.05, 4.69) is 40.1 Å². The summed E-state index contributed by atoms with van der Waals surface area (Å²) < 4.78 is 2.80. The van der Waals surface area contributed by atoms with Gasteiger partial charge >= 0.3 is 0 Å². The van der Waals surface area contributed by atoms with Crippen LogP contribution in [-0.2, 0) is 7.05 Å². The van der Waals surface area contributed by atoms with Crippen molar-refractivity contribution in [3.8, 4) is 0 Å². The third kappa shape index (κ3) is 2.42. The Morgan fingerprint density at radius 1 is 1.29 bits per heavy atom. The van der Waals surface area contributed by atoms with E-state index in [0.717, 1.165) is 10.2 Å². The Balaban J connectivity index is 2.30. The van der Waals surface area contributed by atoms with Crippen molar-refractivity contribution in [2.24, 2.45) is 12.8 Å². The summed E-state index contributed by atoms with van der Waals surface area (Å²) in [5.74, 6) is 0.253. The minimum absolute atomic E-state index is 0.0701. The Bertz CT molecular complexity index is 473. The van der Waals surface area contributed by atoms with Crippen molar-refractivity contribution in [2.75, 3.05) is 0 Å². The lowest BCUT2D eigenvalue weighted by atomic mass is 9.92. The van der Waals surface area contributed by atoms with Crippen LogP contribution in [0.1, 0.15) is 30.1 Å². The number of hydrogen-bond donors (Lipinski definition) is 1. The van der Waals surface area contributed by atoms with Crippen LogP contribution >= 0.6 is 15.9 Å². The van der Waals surface area contributed by atoms with Crippen LogP contribution in [0.2, 0.25) is 0 Å². The lowest BCUT2D eigenvalue weighted by Gasteiger charge is -2.21. The monoisotopic (exact) mass is 293 g/mol. The third-order valence-electron chi connectivity index (χ3n) is 3.12. The molecular weight excluding hydrogens is 278 g/mol. The Morgan fingerprint density at radius 2 is 1.94 bits per heavy atom. The van der Waals surface area contributed by atoms with Crippen molar-refractivity contribution in [1.29, 1.82) is 0 Å². The van der Waals surface area contributed by atoms with E-state index >= 15 is 0 Å². The molecule has 4 heteroatoms. The molecule has 0 bridgehead atoms. The highest BCUT2D eigenvalue weighted by atomic mass is 79.9. The van der Waals surface area contributed by atoms with E-state index in [9.17, 15) is 0 Å². The summed E-state index contributed by atoms with van der Waals surface area (Å²) in [5.41, 5.74) is 8.60. The maximum absolute atomic E-state index is 6.33. The van der Waals surface area contributed by atoms with Gasteiger partial charge in [0.2, 0.25) is 0 Å². The van der Waals surface area contributed by atoms with Gasteiger partial charge in [-0.25, -0.2) is 0 Å². The molecule has 0 fully saturated rings. The van der Waals surface area contributed by atoms with Crippen molar-refractivity contribution in [3.05, 3.63) is 52.3 Å². The summed E-state index contributed by atoms with van der Waals surface area (Å²) in [5, 5.41) is 4.20. The molecule has 2 unspecified atom stereocenters. The highest BCUT2D eigenvalue weighted by Gasteiger charge is 2.21. The first-order valence-corrected chi connectivity index (χ1v) is 6.38. The number of aryl methyl sites for hydroxylation is 1. The van der Waals surface area contributed by atoms with Crippen LogP contribution in [0, 0.1) is 0 Å². The molecular formula is C13H16BrN3. The second-order valence-corrected chi connectivity index (χ2v) is 5.08. The van der Waals surface area contributed by atoms with Gasteiger partial charge in [-0.05, 0) is 21.5 Å². The number of nitrogens with zero attached hydrogens (tertiary/aromatic N) is 2. The molecule has 0 spiro atoms. The number of aromatic nitrogens is 2. The van der Waals surface area contributed by atoms with Gasteiger partial charge in [-0.15, -0.1) is 0 Å². The highest BCUT2D eigenvalue weighted by molar-refractivity contribution is 9.10. The number of hydrogen-bond acceptors (Lipinski definition) is 2. The first-order valence-electron chi connectivity index (χ1n) is 5.59. The molecule has 0 saturated carbocycles. The van der Waals surface area contributed by atoms with Gasteiger partial charge in [-0.2, -0.15) is 5.10 Å². The molecule has 2 atom stereocenters. The normalized spacial score (nSPS) is 14.6. The summed E-state index contributed by atoms with van der Waals surface area (Å²) >= 11 is 3.50. The van der Waals surface area contributed by atoms with E-state index in [-0.39, 0.29) is 12.0 Å². The van der Waals surface area contributed by atoms with E-state index in [1.807, 2.05) is 29.9 Å². The Hall–Kier alpha value is -1.13. The zero-order valence-electron chi connectivity index (χ0n) is 9.97. The second-order valence-electron chi connectivity index (χ2n) is 4.23. The van der Waals surface area contributed by atoms with Gasteiger partial charge in [0.25, 0.3) is 0 Å². The molecule has 0 aliphatic carbocycles. The quantitative estimate of drug-likeness (QED) is 0.945. The lowest BCUT2D eigenvalue weighted by Crippen LogP contribution is -2.21. The maximum Gasteiger partial charge on any atom is 0.0696 e. The van der Waals surface area contributed by atoms with Crippen LogP contribution in [0.3, 0.4) is 0 Å². The SMILES string of the molecule is CC(c1ccccc1)C(N)c1c(Br)cnn1C. The van der Waals surface area contributed by atoms with Crippen LogP contribution in [0.15, 0.2) is 41.0 Å². The van der Waals surface area contributed by atoms with E-state index in [1.165, 1.54) is 5.56 Å². The Kier molecular flexibility index (Phi) is 3.64. The highest BCUT2D eigenvalue weighted by Crippen LogP contribution is 2.31. The molecule has 0 aliphatic rings. The van der Waals surface area contributed by atoms with Crippen LogP contribution < -0.4 is 5.73 Å². The van der Waals surface area contributed by atoms with Crippen molar-refractivity contribution in [2.45, 2.75) is 18.9 Å². The summed E-state index contributed by atoms with van der Waals surface area (Å²) in [4.78, 5) is 0. The molecule has 0 saturated heterocycles. The summed E-state index contributed by atoms with van der Waals surface area (Å²) in [6, 6.07) is 10.2. The van der Waals surface area contributed by atoms with Gasteiger partial charge < -0.3 is 5.73 Å². The molecule has 2 rings (SSSR count). The molecule has 0 radical (unpaired) electrons. The maximum atomic E-state index is 6.33. The van der Waals surface area contributed by atoms with Gasteiger partial charge in [-0.3, -0.25) is 4.68 Å². The number of halogens is 1. The number of nitrogens with two attached hydrogens (primary N) is 1. The molecule has 0 aliphatic heterocycles. The molecule has 90 valence electrons. The van der Waals surface area contributed by atoms with Crippen LogP contribution in [0.5, 0.6) is 0 Å². The standard InChI is InChI=1S/C13H16BrN3/c1-9(10-6-4-3-5-7-10)12(15)13-11(14)8-16-17(13)2/h3-9,12H,15H2,1-2H3. The van der Waals surface area contributed by atoms with Gasteiger partial charge in [0.15, 0.2) is 0 Å². The first-order chi connectivity index (χ1) is 8.11. The molecule has 2 N–H and O–H groups in total. The van der Waals surface area contributed by atoms with Crippen molar-refractivity contribution >= 4 is 15.9 Å². The topological polar surface area (TPSA) is 43.8 Å². The van der Waals surface area contributed by atoms with Gasteiger partial charge in [0.1, 0.15) is 0 Å². The summed E-state index contributed by atoms with van der Waals surface area (Å²) in [6.45, 7) is 2.14. The first kappa shape index (κ1) is 12.3. The van der Waals surface area contributed by atoms with E-state index < -0.39 is 0 Å². The molecule has 3 nitrogen and oxygen atoms in total. The fourth-order valence-electron chi connectivity index (χ4n) is 2.00. The average molecular weight is 294 g/mol.